The molecule has 0 saturated carbocycles. The molecule has 1 nitrogen and oxygen atoms in total. The van der Waals surface area contributed by atoms with Crippen LogP contribution in [0.15, 0.2) is 0 Å². The molecule has 19 heavy (non-hydrogen) atoms. The Kier molecular flexibility index (Phi) is 11.3. The Bertz CT molecular complexity index is 856. The third-order valence-electron chi connectivity index (χ3n) is 1.07. The zero-order chi connectivity index (χ0) is 14.0. The van der Waals surface area contributed by atoms with E-state index in [1.807, 2.05) is 0 Å². The van der Waals surface area contributed by atoms with Crippen molar-refractivity contribution in [3.63, 3.8) is 0 Å². The summed E-state index contributed by atoms with van der Waals surface area (Å²) in [7, 11) is 0. The maximum Gasteiger partial charge on any atom is 0.193 e. The van der Waals surface area contributed by atoms with Crippen LogP contribution in [0.1, 0.15) is 26.9 Å². The molecule has 1 heteroatoms. The molecule has 0 unspecified atom stereocenters. The van der Waals surface area contributed by atoms with Crippen molar-refractivity contribution in [2.75, 3.05) is 0 Å². The highest BCUT2D eigenvalue weighted by atomic mass is 16.1. The van der Waals surface area contributed by atoms with Gasteiger partial charge in [0, 0.05) is 20.0 Å². The van der Waals surface area contributed by atoms with Crippen LogP contribution < -0.4 is 0 Å². The average molecular weight is 264 g/mol. The van der Waals surface area contributed by atoms with Crippen molar-refractivity contribution in [1.29, 1.82) is 0 Å². The van der Waals surface area contributed by atoms with Gasteiger partial charge in [-0.2, -0.15) is 0 Å². The molecule has 0 fully saturated rings. The van der Waals surface area contributed by atoms with E-state index in [0.29, 0.717) is 6.29 Å². The summed E-state index contributed by atoms with van der Waals surface area (Å²) in [6.07, 6.45) is 0.456. The second kappa shape index (κ2) is 14.1. The van der Waals surface area contributed by atoms with Gasteiger partial charge in [0.2, 0.25) is 0 Å². The Morgan fingerprint density at radius 1 is 0.579 bits per heavy atom. The first-order valence-corrected chi connectivity index (χ1v) is 4.77. The SMILES string of the molecule is CC#CC#CC#CC#CC#CC#CC#CC#CC=O.[HH].[HH].[HH].[HH].[HH].[HH].[HH].[HH].[HH].[HH].[HH].[HH].[HH].[HH]. The van der Waals surface area contributed by atoms with Crippen molar-refractivity contribution < 1.29 is 24.8 Å². The fourth-order valence-electron chi connectivity index (χ4n) is 0.503. The topological polar surface area (TPSA) is 17.1 Å². The van der Waals surface area contributed by atoms with Gasteiger partial charge in [0.05, 0.1) is 0 Å². The van der Waals surface area contributed by atoms with Gasteiger partial charge in [-0.25, -0.2) is 0 Å². The van der Waals surface area contributed by atoms with Gasteiger partial charge < -0.3 is 0 Å². The predicted octanol–water partition coefficient (Wildman–Crippen LogP) is 3.68. The summed E-state index contributed by atoms with van der Waals surface area (Å²) in [5.41, 5.74) is 0. The number of hydrogen-bond acceptors (Lipinski definition) is 1. The molecule has 0 aromatic carbocycles. The molecule has 0 amide bonds. The maximum absolute atomic E-state index is 9.80. The molecule has 0 spiro atoms. The summed E-state index contributed by atoms with van der Waals surface area (Å²) < 4.78 is 0. The van der Waals surface area contributed by atoms with Gasteiger partial charge in [0.15, 0.2) is 6.29 Å². The summed E-state index contributed by atoms with van der Waals surface area (Å²) in [4.78, 5) is 9.80. The predicted molar refractivity (Wildman–Crippen MR) is 104 cm³/mol. The van der Waals surface area contributed by atoms with E-state index in [-0.39, 0.29) is 20.0 Å². The summed E-state index contributed by atoms with van der Waals surface area (Å²) in [5.74, 6) is 39.1. The van der Waals surface area contributed by atoms with Crippen molar-refractivity contribution in [1.82, 2.24) is 0 Å². The van der Waals surface area contributed by atoms with Gasteiger partial charge in [0.25, 0.3) is 0 Å². The van der Waals surface area contributed by atoms with Gasteiger partial charge in [-0.15, -0.1) is 0 Å². The molecule has 0 radical (unpaired) electrons. The number of rotatable bonds is 0. The van der Waals surface area contributed by atoms with E-state index in [9.17, 15) is 4.79 Å². The highest BCUT2D eigenvalue weighted by Crippen LogP contribution is 1.57. The fraction of sp³-hybridized carbons (Fsp3) is 0.0556. The summed E-state index contributed by atoms with van der Waals surface area (Å²) in [6, 6.07) is 0. The van der Waals surface area contributed by atoms with Gasteiger partial charge >= 0.3 is 0 Å². The molecule has 0 atom stereocenters. The lowest BCUT2D eigenvalue weighted by Crippen LogP contribution is -1.58. The summed E-state index contributed by atoms with van der Waals surface area (Å²) in [6.45, 7) is 1.69. The van der Waals surface area contributed by atoms with Crippen molar-refractivity contribution >= 4 is 6.29 Å². The first-order chi connectivity index (χ1) is 9.41. The van der Waals surface area contributed by atoms with Crippen LogP contribution in [0, 0.1) is 94.7 Å². The van der Waals surface area contributed by atoms with E-state index >= 15 is 0 Å². The van der Waals surface area contributed by atoms with E-state index in [2.05, 4.69) is 94.7 Å². The van der Waals surface area contributed by atoms with E-state index in [1.165, 1.54) is 0 Å². The zero-order valence-corrected chi connectivity index (χ0v) is 9.99. The Balaban J connectivity index is -0.0000000178. The molecule has 0 saturated heterocycles. The van der Waals surface area contributed by atoms with Crippen LogP contribution in [0.25, 0.3) is 0 Å². The quantitative estimate of drug-likeness (QED) is 0.482. The van der Waals surface area contributed by atoms with Crippen molar-refractivity contribution in [3.05, 3.63) is 0 Å². The highest BCUT2D eigenvalue weighted by molar-refractivity contribution is 5.73. The van der Waals surface area contributed by atoms with Gasteiger partial charge in [-0.3, -0.25) is 4.79 Å². The number of carbonyl (C=O) groups is 1. The lowest BCUT2D eigenvalue weighted by Gasteiger charge is -1.56. The highest BCUT2D eigenvalue weighted by Gasteiger charge is 1.58. The number of aldehydes is 1. The van der Waals surface area contributed by atoms with Crippen molar-refractivity contribution in [3.8, 4) is 94.7 Å². The lowest BCUT2D eigenvalue weighted by molar-refractivity contribution is -0.103. The third-order valence-corrected chi connectivity index (χ3v) is 1.07. The smallest absolute Gasteiger partial charge is 0.193 e. The molecule has 0 rings (SSSR count). The van der Waals surface area contributed by atoms with E-state index in [0.717, 1.165) is 0 Å². The molecule has 0 heterocycles. The first kappa shape index (κ1) is 15.1. The normalized spacial score (nSPS) is 4.05. The molecule has 0 N–H and O–H groups in total. The summed E-state index contributed by atoms with van der Waals surface area (Å²) in [5, 5.41) is 0. The lowest BCUT2D eigenvalue weighted by atomic mass is 10.5. The van der Waals surface area contributed by atoms with Crippen LogP contribution in [0.5, 0.6) is 0 Å². The monoisotopic (exact) mass is 264 g/mol. The maximum atomic E-state index is 9.80. The summed E-state index contributed by atoms with van der Waals surface area (Å²) >= 11 is 0. The molecular formula is C18H32O. The van der Waals surface area contributed by atoms with E-state index < -0.39 is 0 Å². The van der Waals surface area contributed by atoms with Crippen LogP contribution in [-0.2, 0) is 4.79 Å². The number of hydrogen-bond donors (Lipinski definition) is 0. The third kappa shape index (κ3) is 14.1. The minimum absolute atomic E-state index is 0. The minimum Gasteiger partial charge on any atom is -0.289 e. The fourth-order valence-corrected chi connectivity index (χ4v) is 0.503. The van der Waals surface area contributed by atoms with Crippen LogP contribution >= 0.6 is 0 Å². The van der Waals surface area contributed by atoms with E-state index in [4.69, 9.17) is 0 Å². The standard InChI is InChI=1S/C18H4O.14H2/c1-2-3-4-5-6-7-8-9-10-11-12-13-14-15-16-17-18-19;;;;;;;;;;;;;;/h18H,1H3;14*1H. The molecule has 0 aliphatic heterocycles. The molecule has 0 aliphatic rings. The molecule has 110 valence electrons. The molecule has 0 aliphatic carbocycles. The Morgan fingerprint density at radius 2 is 0.895 bits per heavy atom. The average Bonchev–Trinajstić information content (AvgIpc) is 2.43. The largest absolute Gasteiger partial charge is 0.289 e. The molecule has 0 aromatic rings. The Labute approximate surface area is 134 Å². The van der Waals surface area contributed by atoms with Crippen molar-refractivity contribution in [2.45, 2.75) is 6.92 Å². The second-order valence-corrected chi connectivity index (χ2v) is 2.26. The Morgan fingerprint density at radius 3 is 1.21 bits per heavy atom. The van der Waals surface area contributed by atoms with Crippen LogP contribution in [0.2, 0.25) is 0 Å². The van der Waals surface area contributed by atoms with Crippen LogP contribution in [0.4, 0.5) is 0 Å². The molecular weight excluding hydrogens is 232 g/mol. The first-order valence-electron chi connectivity index (χ1n) is 4.77. The minimum atomic E-state index is 0. The number of carbonyl (C=O) groups excluding carboxylic acids is 1. The zero-order valence-electron chi connectivity index (χ0n) is 9.99. The Hall–Kier alpha value is -3.85. The van der Waals surface area contributed by atoms with E-state index in [1.54, 1.807) is 6.92 Å². The molecule has 0 bridgehead atoms. The molecule has 0 aromatic heterocycles. The van der Waals surface area contributed by atoms with Crippen LogP contribution in [-0.4, -0.2) is 6.29 Å². The van der Waals surface area contributed by atoms with Crippen molar-refractivity contribution in [2.24, 2.45) is 0 Å². The van der Waals surface area contributed by atoms with Gasteiger partial charge in [-0.1, -0.05) is 5.92 Å². The second-order valence-electron chi connectivity index (χ2n) is 2.26. The van der Waals surface area contributed by atoms with Gasteiger partial charge in [-0.05, 0) is 95.7 Å². The van der Waals surface area contributed by atoms with Gasteiger partial charge in [0.1, 0.15) is 0 Å². The van der Waals surface area contributed by atoms with Crippen LogP contribution in [0.3, 0.4) is 0 Å².